The van der Waals surface area contributed by atoms with Gasteiger partial charge in [0.25, 0.3) is 5.69 Å². The van der Waals surface area contributed by atoms with E-state index >= 15 is 0 Å². The van der Waals surface area contributed by atoms with E-state index in [1.807, 2.05) is 0 Å². The van der Waals surface area contributed by atoms with Crippen LogP contribution in [0.4, 0.5) is 5.69 Å². The Morgan fingerprint density at radius 1 is 1.62 bits per heavy atom. The average molecular weight is 226 g/mol. The second-order valence-corrected chi connectivity index (χ2v) is 3.28. The van der Waals surface area contributed by atoms with Gasteiger partial charge in [-0.3, -0.25) is 10.1 Å². The van der Waals surface area contributed by atoms with E-state index < -0.39 is 11.0 Å². The molecule has 6 nitrogen and oxygen atoms in total. The summed E-state index contributed by atoms with van der Waals surface area (Å²) in [5.41, 5.74) is 5.40. The van der Waals surface area contributed by atoms with Crippen molar-refractivity contribution in [3.8, 4) is 5.75 Å². The summed E-state index contributed by atoms with van der Waals surface area (Å²) >= 11 is 0. The molecule has 3 N–H and O–H groups in total. The lowest BCUT2D eigenvalue weighted by molar-refractivity contribution is -0.386. The largest absolute Gasteiger partial charge is 0.497 e. The first-order chi connectivity index (χ1) is 7.60. The van der Waals surface area contributed by atoms with Gasteiger partial charge in [0.15, 0.2) is 0 Å². The van der Waals surface area contributed by atoms with E-state index in [4.69, 9.17) is 10.5 Å². The molecule has 0 bridgehead atoms. The zero-order chi connectivity index (χ0) is 12.1. The monoisotopic (exact) mass is 226 g/mol. The van der Waals surface area contributed by atoms with E-state index in [2.05, 4.69) is 0 Å². The fourth-order valence-corrected chi connectivity index (χ4v) is 1.40. The van der Waals surface area contributed by atoms with Crippen LogP contribution in [-0.4, -0.2) is 23.7 Å². The number of nitro benzene ring substituents is 1. The molecule has 0 aliphatic heterocycles. The molecule has 1 aromatic rings. The molecular weight excluding hydrogens is 212 g/mol. The predicted octanol–water partition coefficient (Wildman–Crippen LogP) is 0.986. The fraction of sp³-hybridized carbons (Fsp3) is 0.400. The molecule has 0 saturated carbocycles. The van der Waals surface area contributed by atoms with Crippen LogP contribution in [-0.2, 0) is 0 Å². The first kappa shape index (κ1) is 12.4. The Bertz CT molecular complexity index is 381. The summed E-state index contributed by atoms with van der Waals surface area (Å²) in [6, 6.07) is 4.34. The maximum Gasteiger partial charge on any atom is 0.278 e. The predicted molar refractivity (Wildman–Crippen MR) is 58.3 cm³/mol. The maximum absolute atomic E-state index is 10.8. The summed E-state index contributed by atoms with van der Waals surface area (Å²) in [5, 5.41) is 20.5. The van der Waals surface area contributed by atoms with Crippen LogP contribution >= 0.6 is 0 Å². The first-order valence-electron chi connectivity index (χ1n) is 4.80. The van der Waals surface area contributed by atoms with Crippen molar-refractivity contribution in [2.24, 2.45) is 5.73 Å². The number of rotatable bonds is 5. The number of methoxy groups -OCH3 is 1. The third-order valence-corrected chi connectivity index (χ3v) is 2.23. The van der Waals surface area contributed by atoms with Crippen LogP contribution < -0.4 is 10.5 Å². The van der Waals surface area contributed by atoms with Crippen molar-refractivity contribution in [1.82, 2.24) is 0 Å². The lowest BCUT2D eigenvalue weighted by atomic mass is 10.0. The third kappa shape index (κ3) is 2.68. The van der Waals surface area contributed by atoms with Crippen LogP contribution in [0.5, 0.6) is 5.75 Å². The minimum atomic E-state index is -0.920. The molecule has 0 aliphatic rings. The number of hydrogen-bond acceptors (Lipinski definition) is 5. The average Bonchev–Trinajstić information content (AvgIpc) is 2.28. The van der Waals surface area contributed by atoms with E-state index in [0.29, 0.717) is 5.75 Å². The number of nitro groups is 1. The zero-order valence-electron chi connectivity index (χ0n) is 8.92. The van der Waals surface area contributed by atoms with E-state index in [1.54, 1.807) is 6.07 Å². The molecule has 1 unspecified atom stereocenters. The van der Waals surface area contributed by atoms with Crippen molar-refractivity contribution < 1.29 is 14.8 Å². The van der Waals surface area contributed by atoms with Crippen LogP contribution in [0.1, 0.15) is 18.1 Å². The van der Waals surface area contributed by atoms with Gasteiger partial charge in [0.2, 0.25) is 0 Å². The first-order valence-corrected chi connectivity index (χ1v) is 4.80. The molecule has 1 aromatic carbocycles. The van der Waals surface area contributed by atoms with Crippen molar-refractivity contribution in [3.63, 3.8) is 0 Å². The van der Waals surface area contributed by atoms with Crippen LogP contribution in [0.15, 0.2) is 18.2 Å². The van der Waals surface area contributed by atoms with Crippen molar-refractivity contribution in [2.45, 2.75) is 12.5 Å². The number of nitrogens with two attached hydrogens (primary N) is 1. The topological polar surface area (TPSA) is 98.6 Å². The Balaban J connectivity index is 3.12. The smallest absolute Gasteiger partial charge is 0.278 e. The number of benzene rings is 1. The number of aliphatic hydroxyl groups is 1. The van der Waals surface area contributed by atoms with Crippen LogP contribution in [0, 0.1) is 10.1 Å². The Morgan fingerprint density at radius 2 is 2.31 bits per heavy atom. The molecule has 0 aromatic heterocycles. The Labute approximate surface area is 92.8 Å². The highest BCUT2D eigenvalue weighted by molar-refractivity contribution is 5.47. The molecule has 1 rings (SSSR count). The number of aliphatic hydroxyl groups excluding tert-OH is 1. The van der Waals surface area contributed by atoms with Crippen molar-refractivity contribution in [1.29, 1.82) is 0 Å². The molecule has 0 aliphatic carbocycles. The van der Waals surface area contributed by atoms with Crippen LogP contribution in [0.3, 0.4) is 0 Å². The maximum atomic E-state index is 10.8. The molecule has 6 heteroatoms. The number of ether oxygens (including phenoxy) is 1. The normalized spacial score (nSPS) is 12.2. The standard InChI is InChI=1S/C10H14N2O4/c1-16-7-2-3-8(10(13)4-5-11)9(6-7)12(14)15/h2-3,6,10,13H,4-5,11H2,1H3. The molecule has 0 amide bonds. The van der Waals surface area contributed by atoms with E-state index in [0.717, 1.165) is 0 Å². The lowest BCUT2D eigenvalue weighted by Gasteiger charge is -2.10. The summed E-state index contributed by atoms with van der Waals surface area (Å²) in [6.07, 6.45) is -0.635. The van der Waals surface area contributed by atoms with Gasteiger partial charge in [-0.25, -0.2) is 0 Å². The van der Waals surface area contributed by atoms with Gasteiger partial charge in [-0.2, -0.15) is 0 Å². The minimum Gasteiger partial charge on any atom is -0.497 e. The summed E-state index contributed by atoms with van der Waals surface area (Å²) in [4.78, 5) is 10.3. The molecule has 1 atom stereocenters. The SMILES string of the molecule is COc1ccc(C(O)CCN)c([N+](=O)[O-])c1. The van der Waals surface area contributed by atoms with Crippen molar-refractivity contribution in [2.75, 3.05) is 13.7 Å². The van der Waals surface area contributed by atoms with E-state index in [9.17, 15) is 15.2 Å². The zero-order valence-corrected chi connectivity index (χ0v) is 8.92. The molecule has 16 heavy (non-hydrogen) atoms. The van der Waals surface area contributed by atoms with Gasteiger partial charge in [0, 0.05) is 0 Å². The second kappa shape index (κ2) is 5.43. The Hall–Kier alpha value is -1.66. The highest BCUT2D eigenvalue weighted by atomic mass is 16.6. The van der Waals surface area contributed by atoms with Gasteiger partial charge in [0.05, 0.1) is 29.8 Å². The third-order valence-electron chi connectivity index (χ3n) is 2.23. The van der Waals surface area contributed by atoms with E-state index in [-0.39, 0.29) is 24.2 Å². The van der Waals surface area contributed by atoms with Gasteiger partial charge >= 0.3 is 0 Å². The summed E-state index contributed by atoms with van der Waals surface area (Å²) in [7, 11) is 1.43. The van der Waals surface area contributed by atoms with Gasteiger partial charge in [-0.15, -0.1) is 0 Å². The molecule has 0 saturated heterocycles. The fourth-order valence-electron chi connectivity index (χ4n) is 1.40. The highest BCUT2D eigenvalue weighted by Crippen LogP contribution is 2.30. The summed E-state index contributed by atoms with van der Waals surface area (Å²) in [6.45, 7) is 0.268. The Morgan fingerprint density at radius 3 is 2.81 bits per heavy atom. The quantitative estimate of drug-likeness (QED) is 0.576. The van der Waals surface area contributed by atoms with Crippen LogP contribution in [0.25, 0.3) is 0 Å². The molecule has 0 heterocycles. The van der Waals surface area contributed by atoms with Gasteiger partial charge in [-0.1, -0.05) is 0 Å². The Kier molecular flexibility index (Phi) is 4.21. The second-order valence-electron chi connectivity index (χ2n) is 3.28. The lowest BCUT2D eigenvalue weighted by Crippen LogP contribution is -2.08. The van der Waals surface area contributed by atoms with E-state index in [1.165, 1.54) is 19.2 Å². The molecule has 0 radical (unpaired) electrons. The highest BCUT2D eigenvalue weighted by Gasteiger charge is 2.20. The minimum absolute atomic E-state index is 0.152. The van der Waals surface area contributed by atoms with Crippen molar-refractivity contribution in [3.05, 3.63) is 33.9 Å². The molecule has 0 fully saturated rings. The number of hydrogen-bond donors (Lipinski definition) is 2. The molecule has 0 spiro atoms. The van der Waals surface area contributed by atoms with Crippen molar-refractivity contribution >= 4 is 5.69 Å². The molecule has 88 valence electrons. The van der Waals surface area contributed by atoms with Gasteiger partial charge < -0.3 is 15.6 Å². The van der Waals surface area contributed by atoms with Gasteiger partial charge in [0.1, 0.15) is 5.75 Å². The summed E-state index contributed by atoms with van der Waals surface area (Å²) in [5.74, 6) is 0.385. The summed E-state index contributed by atoms with van der Waals surface area (Å²) < 4.78 is 4.89. The molecular formula is C10H14N2O4. The van der Waals surface area contributed by atoms with Crippen LogP contribution in [0.2, 0.25) is 0 Å². The number of nitrogens with zero attached hydrogens (tertiary/aromatic N) is 1. The van der Waals surface area contributed by atoms with Gasteiger partial charge in [-0.05, 0) is 25.1 Å².